The summed E-state index contributed by atoms with van der Waals surface area (Å²) in [4.78, 5) is 11.1. The summed E-state index contributed by atoms with van der Waals surface area (Å²) in [6.45, 7) is 0.521. The average Bonchev–Trinajstić information content (AvgIpc) is 2.39. The highest BCUT2D eigenvalue weighted by molar-refractivity contribution is 5.86. The van der Waals surface area contributed by atoms with E-state index in [4.69, 9.17) is 4.74 Å². The minimum absolute atomic E-state index is 0.0681. The number of carbonyl (C=O) groups is 1. The quantitative estimate of drug-likeness (QED) is 0.698. The summed E-state index contributed by atoms with van der Waals surface area (Å²) in [7, 11) is 0. The molecule has 1 unspecified atom stereocenters. The lowest BCUT2D eigenvalue weighted by Crippen LogP contribution is -2.20. The molecule has 0 amide bonds. The van der Waals surface area contributed by atoms with Gasteiger partial charge in [0.15, 0.2) is 0 Å². The summed E-state index contributed by atoms with van der Waals surface area (Å²) in [6.07, 6.45) is 1.43. The molecule has 3 rings (SSSR count). The first-order chi connectivity index (χ1) is 8.34. The summed E-state index contributed by atoms with van der Waals surface area (Å²) < 4.78 is 5.15. The number of hydrogen-bond acceptors (Lipinski definition) is 2. The molecule has 2 heteroatoms. The van der Waals surface area contributed by atoms with Gasteiger partial charge in [-0.2, -0.15) is 0 Å². The van der Waals surface area contributed by atoms with E-state index in [0.29, 0.717) is 18.9 Å². The zero-order chi connectivity index (χ0) is 11.7. The predicted molar refractivity (Wildman–Crippen MR) is 66.9 cm³/mol. The Kier molecular flexibility index (Phi) is 2.56. The Bertz CT molecular complexity index is 544. The predicted octanol–water partition coefficient (Wildman–Crippen LogP) is 3.26. The number of cyclic esters (lactones) is 1. The molecule has 1 aliphatic heterocycles. The van der Waals surface area contributed by atoms with Crippen LogP contribution >= 0.6 is 0 Å². The summed E-state index contributed by atoms with van der Waals surface area (Å²) in [5, 5.41) is 2.53. The molecule has 1 aliphatic rings. The second-order valence-electron chi connectivity index (χ2n) is 4.49. The van der Waals surface area contributed by atoms with Crippen LogP contribution in [0.15, 0.2) is 42.5 Å². The van der Waals surface area contributed by atoms with Crippen LogP contribution in [0.4, 0.5) is 0 Å². The molecular formula is C15H14O2. The molecule has 0 N–H and O–H groups in total. The third-order valence-corrected chi connectivity index (χ3v) is 3.41. The lowest BCUT2D eigenvalue weighted by molar-refractivity contribution is -0.147. The Labute approximate surface area is 100 Å². The van der Waals surface area contributed by atoms with Crippen molar-refractivity contribution < 1.29 is 9.53 Å². The highest BCUT2D eigenvalue weighted by Crippen LogP contribution is 2.31. The maximum absolute atomic E-state index is 11.1. The van der Waals surface area contributed by atoms with Crippen LogP contribution in [0.1, 0.15) is 24.3 Å². The Morgan fingerprint density at radius 3 is 2.71 bits per heavy atom. The summed E-state index contributed by atoms with van der Waals surface area (Å²) in [5.74, 6) is 0.278. The van der Waals surface area contributed by atoms with E-state index in [1.54, 1.807) is 0 Å². The Hall–Kier alpha value is -1.83. The van der Waals surface area contributed by atoms with E-state index in [9.17, 15) is 4.79 Å². The van der Waals surface area contributed by atoms with Gasteiger partial charge in [0, 0.05) is 12.3 Å². The fourth-order valence-corrected chi connectivity index (χ4v) is 2.49. The molecule has 1 saturated heterocycles. The van der Waals surface area contributed by atoms with Gasteiger partial charge in [0.05, 0.1) is 6.61 Å². The summed E-state index contributed by atoms with van der Waals surface area (Å²) in [5.41, 5.74) is 1.30. The zero-order valence-corrected chi connectivity index (χ0v) is 9.56. The first-order valence-corrected chi connectivity index (χ1v) is 5.98. The second kappa shape index (κ2) is 4.21. The highest BCUT2D eigenvalue weighted by Gasteiger charge is 2.22. The van der Waals surface area contributed by atoms with Crippen molar-refractivity contribution in [2.45, 2.75) is 18.8 Å². The number of hydrogen-bond donors (Lipinski definition) is 0. The molecule has 17 heavy (non-hydrogen) atoms. The Morgan fingerprint density at radius 1 is 1.06 bits per heavy atom. The SMILES string of the molecule is O=C1CCC(c2cccc3ccccc23)CO1. The Morgan fingerprint density at radius 2 is 1.88 bits per heavy atom. The number of rotatable bonds is 1. The van der Waals surface area contributed by atoms with Crippen molar-refractivity contribution >= 4 is 16.7 Å². The van der Waals surface area contributed by atoms with Gasteiger partial charge in [-0.25, -0.2) is 0 Å². The molecule has 1 heterocycles. The van der Waals surface area contributed by atoms with Gasteiger partial charge in [0.1, 0.15) is 0 Å². The van der Waals surface area contributed by atoms with Gasteiger partial charge in [-0.3, -0.25) is 4.79 Å². The lowest BCUT2D eigenvalue weighted by atomic mass is 9.89. The van der Waals surface area contributed by atoms with E-state index in [-0.39, 0.29) is 5.97 Å². The van der Waals surface area contributed by atoms with Crippen molar-refractivity contribution in [1.82, 2.24) is 0 Å². The summed E-state index contributed by atoms with van der Waals surface area (Å²) >= 11 is 0. The fraction of sp³-hybridized carbons (Fsp3) is 0.267. The van der Waals surface area contributed by atoms with Crippen molar-refractivity contribution in [3.8, 4) is 0 Å². The normalized spacial score (nSPS) is 20.2. The van der Waals surface area contributed by atoms with Crippen LogP contribution in [0, 0.1) is 0 Å². The smallest absolute Gasteiger partial charge is 0.305 e. The molecule has 0 radical (unpaired) electrons. The molecule has 2 aromatic rings. The van der Waals surface area contributed by atoms with E-state index in [1.165, 1.54) is 16.3 Å². The van der Waals surface area contributed by atoms with Crippen molar-refractivity contribution in [2.75, 3.05) is 6.61 Å². The highest BCUT2D eigenvalue weighted by atomic mass is 16.5. The molecule has 1 fully saturated rings. The van der Waals surface area contributed by atoms with E-state index in [0.717, 1.165) is 6.42 Å². The maximum Gasteiger partial charge on any atom is 0.305 e. The largest absolute Gasteiger partial charge is 0.465 e. The number of ether oxygens (including phenoxy) is 1. The van der Waals surface area contributed by atoms with Crippen LogP contribution < -0.4 is 0 Å². The van der Waals surface area contributed by atoms with E-state index < -0.39 is 0 Å². The van der Waals surface area contributed by atoms with E-state index >= 15 is 0 Å². The van der Waals surface area contributed by atoms with Crippen LogP contribution in [0.5, 0.6) is 0 Å². The third kappa shape index (κ3) is 1.91. The topological polar surface area (TPSA) is 26.3 Å². The lowest BCUT2D eigenvalue weighted by Gasteiger charge is -2.23. The van der Waals surface area contributed by atoms with Crippen molar-refractivity contribution in [3.05, 3.63) is 48.0 Å². The molecule has 0 aliphatic carbocycles. The van der Waals surface area contributed by atoms with E-state index in [2.05, 4.69) is 36.4 Å². The first-order valence-electron chi connectivity index (χ1n) is 5.98. The molecule has 0 saturated carbocycles. The summed E-state index contributed by atoms with van der Waals surface area (Å²) in [6, 6.07) is 14.7. The van der Waals surface area contributed by atoms with Crippen LogP contribution in [0.25, 0.3) is 10.8 Å². The molecule has 0 bridgehead atoms. The first kappa shape index (κ1) is 10.3. The molecule has 0 aromatic heterocycles. The van der Waals surface area contributed by atoms with Gasteiger partial charge >= 0.3 is 5.97 Å². The van der Waals surface area contributed by atoms with Crippen molar-refractivity contribution in [2.24, 2.45) is 0 Å². The van der Waals surface area contributed by atoms with Crippen molar-refractivity contribution in [3.63, 3.8) is 0 Å². The van der Waals surface area contributed by atoms with Gasteiger partial charge in [0.2, 0.25) is 0 Å². The molecule has 2 aromatic carbocycles. The molecule has 86 valence electrons. The van der Waals surface area contributed by atoms with E-state index in [1.807, 2.05) is 6.07 Å². The molecule has 1 atom stereocenters. The fourth-order valence-electron chi connectivity index (χ4n) is 2.49. The number of esters is 1. The van der Waals surface area contributed by atoms with Crippen LogP contribution in [0.2, 0.25) is 0 Å². The van der Waals surface area contributed by atoms with Crippen molar-refractivity contribution in [1.29, 1.82) is 0 Å². The van der Waals surface area contributed by atoms with Crippen LogP contribution in [-0.2, 0) is 9.53 Å². The van der Waals surface area contributed by atoms with Gasteiger partial charge < -0.3 is 4.74 Å². The van der Waals surface area contributed by atoms with Gasteiger partial charge in [-0.15, -0.1) is 0 Å². The minimum atomic E-state index is -0.0681. The monoisotopic (exact) mass is 226 g/mol. The Balaban J connectivity index is 2.02. The molecular weight excluding hydrogens is 212 g/mol. The van der Waals surface area contributed by atoms with Gasteiger partial charge in [0.25, 0.3) is 0 Å². The zero-order valence-electron chi connectivity index (χ0n) is 9.56. The van der Waals surface area contributed by atoms with Crippen LogP contribution in [0.3, 0.4) is 0 Å². The average molecular weight is 226 g/mol. The maximum atomic E-state index is 11.1. The molecule has 2 nitrogen and oxygen atoms in total. The third-order valence-electron chi connectivity index (χ3n) is 3.41. The second-order valence-corrected chi connectivity index (χ2v) is 4.49. The van der Waals surface area contributed by atoms with Crippen LogP contribution in [-0.4, -0.2) is 12.6 Å². The van der Waals surface area contributed by atoms with Gasteiger partial charge in [-0.05, 0) is 22.8 Å². The number of benzene rings is 2. The molecule has 0 spiro atoms. The minimum Gasteiger partial charge on any atom is -0.465 e. The number of fused-ring (bicyclic) bond motifs is 1. The van der Waals surface area contributed by atoms with Gasteiger partial charge in [-0.1, -0.05) is 42.5 Å². The standard InChI is InChI=1S/C15H14O2/c16-15-9-8-12(10-17-15)14-7-3-5-11-4-1-2-6-13(11)14/h1-7,12H,8-10H2. The number of carbonyl (C=O) groups excluding carboxylic acids is 1.